The van der Waals surface area contributed by atoms with E-state index in [4.69, 9.17) is 4.74 Å². The summed E-state index contributed by atoms with van der Waals surface area (Å²) < 4.78 is 32.0. The zero-order valence-corrected chi connectivity index (χ0v) is 16.5. The van der Waals surface area contributed by atoms with Crippen LogP contribution >= 0.6 is 0 Å². The van der Waals surface area contributed by atoms with Gasteiger partial charge in [0.25, 0.3) is 11.8 Å². The summed E-state index contributed by atoms with van der Waals surface area (Å²) in [7, 11) is 0. The van der Waals surface area contributed by atoms with Gasteiger partial charge in [0.15, 0.2) is 0 Å². The van der Waals surface area contributed by atoms with Gasteiger partial charge in [-0.1, -0.05) is 24.3 Å². The first-order valence-corrected chi connectivity index (χ1v) is 9.55. The molecular formula is C24H16F2N2O4. The maximum Gasteiger partial charge on any atom is 0.335 e. The van der Waals surface area contributed by atoms with E-state index < -0.39 is 23.7 Å². The van der Waals surface area contributed by atoms with Crippen LogP contribution in [0.25, 0.3) is 6.08 Å². The molecule has 4 rings (SSSR count). The molecule has 1 fully saturated rings. The van der Waals surface area contributed by atoms with Gasteiger partial charge in [-0.05, 0) is 65.7 Å². The predicted molar refractivity (Wildman–Crippen MR) is 113 cm³/mol. The third kappa shape index (κ3) is 4.54. The van der Waals surface area contributed by atoms with Gasteiger partial charge in [-0.15, -0.1) is 0 Å². The highest BCUT2D eigenvalue weighted by Gasteiger charge is 2.36. The normalized spacial score (nSPS) is 15.1. The summed E-state index contributed by atoms with van der Waals surface area (Å²) in [6.45, 7) is 0.174. The number of nitrogens with zero attached hydrogens (tertiary/aromatic N) is 1. The lowest BCUT2D eigenvalue weighted by Crippen LogP contribution is -2.54. The van der Waals surface area contributed by atoms with Crippen LogP contribution in [-0.4, -0.2) is 17.8 Å². The van der Waals surface area contributed by atoms with Crippen molar-refractivity contribution in [3.63, 3.8) is 0 Å². The van der Waals surface area contributed by atoms with E-state index in [1.54, 1.807) is 36.4 Å². The molecule has 6 nitrogen and oxygen atoms in total. The van der Waals surface area contributed by atoms with Crippen LogP contribution in [0, 0.1) is 11.6 Å². The van der Waals surface area contributed by atoms with Gasteiger partial charge >= 0.3 is 6.03 Å². The Morgan fingerprint density at radius 2 is 1.59 bits per heavy atom. The minimum atomic E-state index is -0.912. The Hall–Kier alpha value is -4.33. The molecule has 0 aliphatic carbocycles. The third-order valence-electron chi connectivity index (χ3n) is 4.67. The molecule has 0 aromatic heterocycles. The molecule has 32 heavy (non-hydrogen) atoms. The van der Waals surface area contributed by atoms with E-state index in [1.165, 1.54) is 30.3 Å². The Morgan fingerprint density at radius 3 is 2.28 bits per heavy atom. The summed E-state index contributed by atoms with van der Waals surface area (Å²) in [6.07, 6.45) is 1.34. The van der Waals surface area contributed by atoms with E-state index in [1.807, 2.05) is 0 Å². The quantitative estimate of drug-likeness (QED) is 0.482. The van der Waals surface area contributed by atoms with Gasteiger partial charge in [-0.25, -0.2) is 18.5 Å². The van der Waals surface area contributed by atoms with Crippen LogP contribution in [0.5, 0.6) is 5.75 Å². The SMILES string of the molecule is O=C1NC(=O)N(c2ccc(F)cc2)C(=O)/C1=C/c1ccc(OCc2cccc(F)c2)cc1. The number of carbonyl (C=O) groups is 3. The topological polar surface area (TPSA) is 75.7 Å². The Labute approximate surface area is 181 Å². The fourth-order valence-corrected chi connectivity index (χ4v) is 3.10. The summed E-state index contributed by atoms with van der Waals surface area (Å²) in [4.78, 5) is 38.0. The molecule has 1 N–H and O–H groups in total. The Kier molecular flexibility index (Phi) is 5.76. The van der Waals surface area contributed by atoms with Crippen LogP contribution in [0.1, 0.15) is 11.1 Å². The summed E-state index contributed by atoms with van der Waals surface area (Å²) in [6, 6.07) is 16.4. The molecule has 1 aliphatic heterocycles. The maximum absolute atomic E-state index is 13.2. The van der Waals surface area contributed by atoms with E-state index >= 15 is 0 Å². The molecule has 0 bridgehead atoms. The summed E-state index contributed by atoms with van der Waals surface area (Å²) in [5.41, 5.74) is 1.08. The van der Waals surface area contributed by atoms with Crippen LogP contribution in [-0.2, 0) is 16.2 Å². The number of halogens is 2. The van der Waals surface area contributed by atoms with Crippen molar-refractivity contribution in [3.05, 3.63) is 101 Å². The molecular weight excluding hydrogens is 418 g/mol. The molecule has 1 heterocycles. The molecule has 0 spiro atoms. The average Bonchev–Trinajstić information content (AvgIpc) is 2.77. The van der Waals surface area contributed by atoms with Gasteiger partial charge in [-0.2, -0.15) is 0 Å². The monoisotopic (exact) mass is 434 g/mol. The number of ether oxygens (including phenoxy) is 1. The number of imide groups is 2. The first-order valence-electron chi connectivity index (χ1n) is 9.55. The molecule has 8 heteroatoms. The second-order valence-corrected chi connectivity index (χ2v) is 6.92. The van der Waals surface area contributed by atoms with Gasteiger partial charge < -0.3 is 4.74 Å². The zero-order chi connectivity index (χ0) is 22.7. The molecule has 4 amide bonds. The largest absolute Gasteiger partial charge is 0.489 e. The van der Waals surface area contributed by atoms with Crippen LogP contribution in [0.2, 0.25) is 0 Å². The maximum atomic E-state index is 13.2. The van der Waals surface area contributed by atoms with E-state index in [0.717, 1.165) is 17.0 Å². The van der Waals surface area contributed by atoms with Crippen molar-refractivity contribution in [2.24, 2.45) is 0 Å². The first kappa shape index (κ1) is 20.9. The number of benzene rings is 3. The average molecular weight is 434 g/mol. The number of rotatable bonds is 5. The van der Waals surface area contributed by atoms with Gasteiger partial charge in [-0.3, -0.25) is 14.9 Å². The lowest BCUT2D eigenvalue weighted by Gasteiger charge is -2.26. The zero-order valence-electron chi connectivity index (χ0n) is 16.5. The predicted octanol–water partition coefficient (Wildman–Crippen LogP) is 4.21. The number of barbiturate groups is 1. The number of hydrogen-bond donors (Lipinski definition) is 1. The van der Waals surface area contributed by atoms with E-state index in [9.17, 15) is 23.2 Å². The number of amides is 4. The minimum absolute atomic E-state index is 0.133. The van der Waals surface area contributed by atoms with Crippen molar-refractivity contribution in [1.29, 1.82) is 0 Å². The summed E-state index contributed by atoms with van der Waals surface area (Å²) >= 11 is 0. The third-order valence-corrected chi connectivity index (χ3v) is 4.67. The van der Waals surface area contributed by atoms with E-state index in [0.29, 0.717) is 16.9 Å². The second-order valence-electron chi connectivity index (χ2n) is 6.92. The molecule has 0 radical (unpaired) electrons. The van der Waals surface area contributed by atoms with Crippen LogP contribution in [0.15, 0.2) is 78.4 Å². The number of hydrogen-bond acceptors (Lipinski definition) is 4. The minimum Gasteiger partial charge on any atom is -0.489 e. The smallest absolute Gasteiger partial charge is 0.335 e. The van der Waals surface area contributed by atoms with Crippen LogP contribution in [0.3, 0.4) is 0 Å². The molecule has 3 aromatic rings. The Balaban J connectivity index is 1.51. The number of carbonyl (C=O) groups excluding carboxylic acids is 3. The molecule has 3 aromatic carbocycles. The standard InChI is InChI=1S/C24H16F2N2O4/c25-17-6-8-19(9-7-17)28-23(30)21(22(29)27-24(28)31)13-15-4-10-20(11-5-15)32-14-16-2-1-3-18(26)12-16/h1-13H,14H2,(H,27,29,31)/b21-13+. The van der Waals surface area contributed by atoms with Gasteiger partial charge in [0.1, 0.15) is 29.6 Å². The molecule has 1 aliphatic rings. The fraction of sp³-hybridized carbons (Fsp3) is 0.0417. The molecule has 0 atom stereocenters. The Bertz CT molecular complexity index is 1220. The van der Waals surface area contributed by atoms with Crippen molar-refractivity contribution in [3.8, 4) is 5.75 Å². The van der Waals surface area contributed by atoms with Crippen LogP contribution < -0.4 is 15.0 Å². The second kappa shape index (κ2) is 8.81. The fourth-order valence-electron chi connectivity index (χ4n) is 3.10. The Morgan fingerprint density at radius 1 is 0.875 bits per heavy atom. The van der Waals surface area contributed by atoms with Crippen molar-refractivity contribution < 1.29 is 27.9 Å². The number of urea groups is 1. The highest BCUT2D eigenvalue weighted by atomic mass is 19.1. The molecule has 0 unspecified atom stereocenters. The lowest BCUT2D eigenvalue weighted by molar-refractivity contribution is -0.122. The highest BCUT2D eigenvalue weighted by molar-refractivity contribution is 6.39. The van der Waals surface area contributed by atoms with Gasteiger partial charge in [0.2, 0.25) is 0 Å². The van der Waals surface area contributed by atoms with Crippen LogP contribution in [0.4, 0.5) is 19.3 Å². The highest BCUT2D eigenvalue weighted by Crippen LogP contribution is 2.23. The number of anilines is 1. The molecule has 0 saturated carbocycles. The van der Waals surface area contributed by atoms with Gasteiger partial charge in [0.05, 0.1) is 5.69 Å². The summed E-state index contributed by atoms with van der Waals surface area (Å²) in [5, 5.41) is 2.11. The molecule has 1 saturated heterocycles. The number of nitrogens with one attached hydrogen (secondary N) is 1. The van der Waals surface area contributed by atoms with Crippen molar-refractivity contribution in [2.75, 3.05) is 4.90 Å². The van der Waals surface area contributed by atoms with Crippen molar-refractivity contribution in [1.82, 2.24) is 5.32 Å². The van der Waals surface area contributed by atoms with Crippen molar-refractivity contribution >= 4 is 29.6 Å². The van der Waals surface area contributed by atoms with Gasteiger partial charge in [0, 0.05) is 0 Å². The van der Waals surface area contributed by atoms with E-state index in [2.05, 4.69) is 5.32 Å². The first-order chi connectivity index (χ1) is 15.4. The van der Waals surface area contributed by atoms with E-state index in [-0.39, 0.29) is 23.7 Å². The molecule has 160 valence electrons. The van der Waals surface area contributed by atoms with Crippen molar-refractivity contribution in [2.45, 2.75) is 6.61 Å². The summed E-state index contributed by atoms with van der Waals surface area (Å²) in [5.74, 6) is -2.01. The lowest BCUT2D eigenvalue weighted by atomic mass is 10.1.